The van der Waals surface area contributed by atoms with Gasteiger partial charge in [0, 0.05) is 13.5 Å². The molecule has 1 N–H and O–H groups in total. The van der Waals surface area contributed by atoms with Crippen LogP contribution in [-0.2, 0) is 11.3 Å². The van der Waals surface area contributed by atoms with Crippen molar-refractivity contribution < 1.29 is 9.26 Å². The van der Waals surface area contributed by atoms with Crippen molar-refractivity contribution in [2.75, 3.05) is 6.54 Å². The first-order valence-corrected chi connectivity index (χ1v) is 5.73. The third-order valence-electron chi connectivity index (χ3n) is 2.78. The van der Waals surface area contributed by atoms with Crippen LogP contribution in [0, 0.1) is 6.92 Å². The maximum Gasteiger partial charge on any atom is 0.223 e. The second kappa shape index (κ2) is 4.51. The van der Waals surface area contributed by atoms with E-state index in [4.69, 9.17) is 9.26 Å². The third kappa shape index (κ3) is 3.02. The Kier molecular flexibility index (Phi) is 3.25. The van der Waals surface area contributed by atoms with E-state index in [9.17, 15) is 0 Å². The molecule has 2 rings (SSSR count). The normalized spacial score (nSPS) is 23.8. The molecule has 5 heteroatoms. The van der Waals surface area contributed by atoms with Gasteiger partial charge in [-0.3, -0.25) is 0 Å². The van der Waals surface area contributed by atoms with Crippen molar-refractivity contribution in [3.63, 3.8) is 0 Å². The molecule has 1 aliphatic rings. The van der Waals surface area contributed by atoms with E-state index in [0.29, 0.717) is 24.4 Å². The second-order valence-corrected chi connectivity index (χ2v) is 4.90. The fraction of sp³-hybridized carbons (Fsp3) is 0.818. The van der Waals surface area contributed by atoms with Crippen LogP contribution >= 0.6 is 0 Å². The number of aryl methyl sites for hydroxylation is 1. The van der Waals surface area contributed by atoms with Gasteiger partial charge in [0.05, 0.1) is 18.2 Å². The Bertz CT molecular complexity index is 349. The van der Waals surface area contributed by atoms with E-state index in [0.717, 1.165) is 19.4 Å². The highest BCUT2D eigenvalue weighted by molar-refractivity contribution is 4.85. The van der Waals surface area contributed by atoms with Crippen LogP contribution in [0.5, 0.6) is 0 Å². The first-order valence-electron chi connectivity index (χ1n) is 5.73. The van der Waals surface area contributed by atoms with Gasteiger partial charge in [-0.05, 0) is 26.7 Å². The minimum Gasteiger partial charge on any atom is -0.371 e. The Balaban J connectivity index is 1.69. The molecule has 0 aliphatic carbocycles. The summed E-state index contributed by atoms with van der Waals surface area (Å²) in [5, 5.41) is 7.10. The highest BCUT2D eigenvalue weighted by Crippen LogP contribution is 2.28. The zero-order valence-corrected chi connectivity index (χ0v) is 10.1. The third-order valence-corrected chi connectivity index (χ3v) is 2.78. The van der Waals surface area contributed by atoms with Gasteiger partial charge in [-0.25, -0.2) is 0 Å². The molecular formula is C11H19N3O2. The summed E-state index contributed by atoms with van der Waals surface area (Å²) < 4.78 is 10.8. The van der Waals surface area contributed by atoms with Gasteiger partial charge in [-0.15, -0.1) is 0 Å². The van der Waals surface area contributed by atoms with E-state index in [1.807, 2.05) is 0 Å². The lowest BCUT2D eigenvalue weighted by Gasteiger charge is -2.19. The number of nitrogens with zero attached hydrogens (tertiary/aromatic N) is 2. The highest BCUT2D eigenvalue weighted by atomic mass is 16.5. The van der Waals surface area contributed by atoms with Gasteiger partial charge in [0.2, 0.25) is 5.89 Å². The van der Waals surface area contributed by atoms with E-state index in [1.165, 1.54) is 0 Å². The van der Waals surface area contributed by atoms with Crippen LogP contribution in [-0.4, -0.2) is 28.4 Å². The standard InChI is InChI=1S/C11H19N3O2/c1-8-13-10(14-16-8)7-12-6-9-4-5-11(2,3)15-9/h9,12H,4-7H2,1-3H3. The number of ether oxygens (including phenoxy) is 1. The van der Waals surface area contributed by atoms with Crippen LogP contribution < -0.4 is 5.32 Å². The number of rotatable bonds is 4. The zero-order chi connectivity index (χ0) is 11.6. The molecule has 0 radical (unpaired) electrons. The summed E-state index contributed by atoms with van der Waals surface area (Å²) in [6, 6.07) is 0. The lowest BCUT2D eigenvalue weighted by molar-refractivity contribution is -0.0143. The van der Waals surface area contributed by atoms with Crippen molar-refractivity contribution in [2.45, 2.75) is 51.9 Å². The van der Waals surface area contributed by atoms with E-state index >= 15 is 0 Å². The molecule has 0 spiro atoms. The van der Waals surface area contributed by atoms with Gasteiger partial charge in [-0.1, -0.05) is 5.16 Å². The fourth-order valence-electron chi connectivity index (χ4n) is 1.98. The van der Waals surface area contributed by atoms with Gasteiger partial charge < -0.3 is 14.6 Å². The maximum atomic E-state index is 5.87. The van der Waals surface area contributed by atoms with Crippen molar-refractivity contribution >= 4 is 0 Å². The number of hydrogen-bond donors (Lipinski definition) is 1. The molecule has 0 saturated carbocycles. The van der Waals surface area contributed by atoms with Crippen LogP contribution in [0.15, 0.2) is 4.52 Å². The minimum atomic E-state index is 0.0368. The highest BCUT2D eigenvalue weighted by Gasteiger charge is 2.31. The molecule has 1 saturated heterocycles. The van der Waals surface area contributed by atoms with Crippen LogP contribution in [0.2, 0.25) is 0 Å². The molecule has 1 aromatic heterocycles. The van der Waals surface area contributed by atoms with E-state index in [1.54, 1.807) is 6.92 Å². The molecule has 0 aromatic carbocycles. The molecule has 90 valence electrons. The predicted molar refractivity (Wildman–Crippen MR) is 58.9 cm³/mol. The Morgan fingerprint density at radius 2 is 2.31 bits per heavy atom. The summed E-state index contributed by atoms with van der Waals surface area (Å²) >= 11 is 0. The summed E-state index contributed by atoms with van der Waals surface area (Å²) in [5.74, 6) is 1.31. The van der Waals surface area contributed by atoms with Crippen LogP contribution in [0.25, 0.3) is 0 Å². The summed E-state index contributed by atoms with van der Waals surface area (Å²) in [7, 11) is 0. The second-order valence-electron chi connectivity index (χ2n) is 4.90. The number of nitrogens with one attached hydrogen (secondary N) is 1. The fourth-order valence-corrected chi connectivity index (χ4v) is 1.98. The van der Waals surface area contributed by atoms with Gasteiger partial charge in [0.1, 0.15) is 0 Å². The molecule has 2 heterocycles. The Labute approximate surface area is 95.6 Å². The smallest absolute Gasteiger partial charge is 0.223 e. The Hall–Kier alpha value is -0.940. The maximum absolute atomic E-state index is 5.87. The van der Waals surface area contributed by atoms with E-state index in [2.05, 4.69) is 29.3 Å². The largest absolute Gasteiger partial charge is 0.371 e. The molecule has 1 atom stereocenters. The van der Waals surface area contributed by atoms with Crippen molar-refractivity contribution in [3.8, 4) is 0 Å². The molecule has 5 nitrogen and oxygen atoms in total. The molecule has 16 heavy (non-hydrogen) atoms. The summed E-state index contributed by atoms with van der Waals surface area (Å²) in [5.41, 5.74) is 0.0368. The van der Waals surface area contributed by atoms with Crippen molar-refractivity contribution in [2.24, 2.45) is 0 Å². The quantitative estimate of drug-likeness (QED) is 0.839. The van der Waals surface area contributed by atoms with Crippen LogP contribution in [0.3, 0.4) is 0 Å². The summed E-state index contributed by atoms with van der Waals surface area (Å²) in [4.78, 5) is 4.12. The van der Waals surface area contributed by atoms with Gasteiger partial charge in [-0.2, -0.15) is 4.98 Å². The zero-order valence-electron chi connectivity index (χ0n) is 10.1. The molecule has 0 amide bonds. The predicted octanol–water partition coefficient (Wildman–Crippen LogP) is 1.43. The first kappa shape index (κ1) is 11.5. The van der Waals surface area contributed by atoms with Gasteiger partial charge >= 0.3 is 0 Å². The molecule has 1 aromatic rings. The van der Waals surface area contributed by atoms with Crippen LogP contribution in [0.1, 0.15) is 38.4 Å². The number of hydrogen-bond acceptors (Lipinski definition) is 5. The number of aromatic nitrogens is 2. The first-order chi connectivity index (χ1) is 7.55. The molecule has 1 unspecified atom stereocenters. The molecule has 1 aliphatic heterocycles. The minimum absolute atomic E-state index is 0.0368. The Morgan fingerprint density at radius 3 is 2.88 bits per heavy atom. The van der Waals surface area contributed by atoms with E-state index in [-0.39, 0.29) is 5.60 Å². The van der Waals surface area contributed by atoms with Crippen molar-refractivity contribution in [3.05, 3.63) is 11.7 Å². The molecular weight excluding hydrogens is 206 g/mol. The van der Waals surface area contributed by atoms with Crippen molar-refractivity contribution in [1.29, 1.82) is 0 Å². The molecule has 1 fully saturated rings. The summed E-state index contributed by atoms with van der Waals surface area (Å²) in [6.45, 7) is 7.54. The topological polar surface area (TPSA) is 60.2 Å². The summed E-state index contributed by atoms with van der Waals surface area (Å²) in [6.07, 6.45) is 2.55. The van der Waals surface area contributed by atoms with E-state index < -0.39 is 0 Å². The lowest BCUT2D eigenvalue weighted by Crippen LogP contribution is -2.29. The average molecular weight is 225 g/mol. The Morgan fingerprint density at radius 1 is 1.50 bits per heavy atom. The SMILES string of the molecule is Cc1nc(CNCC2CCC(C)(C)O2)no1. The van der Waals surface area contributed by atoms with Gasteiger partial charge in [0.25, 0.3) is 0 Å². The average Bonchev–Trinajstić information content (AvgIpc) is 2.73. The van der Waals surface area contributed by atoms with Gasteiger partial charge in [0.15, 0.2) is 5.82 Å². The van der Waals surface area contributed by atoms with Crippen molar-refractivity contribution in [1.82, 2.24) is 15.5 Å². The monoisotopic (exact) mass is 225 g/mol. The molecule has 0 bridgehead atoms. The lowest BCUT2D eigenvalue weighted by atomic mass is 10.1. The van der Waals surface area contributed by atoms with Crippen LogP contribution in [0.4, 0.5) is 0 Å².